The van der Waals surface area contributed by atoms with Crippen molar-refractivity contribution in [2.45, 2.75) is 25.7 Å². The van der Waals surface area contributed by atoms with Gasteiger partial charge >= 0.3 is 0 Å². The lowest BCUT2D eigenvalue weighted by atomic mass is 10.2. The average molecular weight is 341 g/mol. The number of amides is 2. The molecule has 0 aliphatic carbocycles. The summed E-state index contributed by atoms with van der Waals surface area (Å²) < 4.78 is 12.9. The highest BCUT2D eigenvalue weighted by molar-refractivity contribution is 6.04. The number of halogens is 1. The Bertz CT molecular complexity index is 754. The van der Waals surface area contributed by atoms with E-state index in [9.17, 15) is 14.0 Å². The molecule has 0 bridgehead atoms. The zero-order valence-electron chi connectivity index (χ0n) is 13.9. The Morgan fingerprint density at radius 3 is 2.36 bits per heavy atom. The number of carbonyl (C=O) groups excluding carboxylic acids is 2. The summed E-state index contributed by atoms with van der Waals surface area (Å²) in [7, 11) is 0. The van der Waals surface area contributed by atoms with Crippen LogP contribution in [-0.4, -0.2) is 34.8 Å². The van der Waals surface area contributed by atoms with Gasteiger partial charge in [-0.05, 0) is 49.2 Å². The molecule has 0 atom stereocenters. The van der Waals surface area contributed by atoms with Crippen LogP contribution in [0.5, 0.6) is 0 Å². The van der Waals surface area contributed by atoms with Crippen molar-refractivity contribution < 1.29 is 14.0 Å². The second kappa shape index (κ2) is 7.88. The zero-order valence-corrected chi connectivity index (χ0v) is 13.9. The third-order valence-corrected chi connectivity index (χ3v) is 4.23. The normalized spacial score (nSPS) is 14.7. The molecule has 1 N–H and O–H groups in total. The lowest BCUT2D eigenvalue weighted by molar-refractivity contribution is 0.0761. The summed E-state index contributed by atoms with van der Waals surface area (Å²) in [6.07, 6.45) is 5.77. The number of hydrogen-bond donors (Lipinski definition) is 1. The van der Waals surface area contributed by atoms with Gasteiger partial charge in [-0.15, -0.1) is 0 Å². The molecular weight excluding hydrogens is 321 g/mol. The van der Waals surface area contributed by atoms with Gasteiger partial charge in [0.25, 0.3) is 11.8 Å². The molecule has 25 heavy (non-hydrogen) atoms. The Hall–Kier alpha value is -2.76. The summed E-state index contributed by atoms with van der Waals surface area (Å²) in [5, 5.41) is 2.65. The highest BCUT2D eigenvalue weighted by Gasteiger charge is 2.19. The van der Waals surface area contributed by atoms with Crippen molar-refractivity contribution >= 4 is 17.5 Å². The van der Waals surface area contributed by atoms with Crippen molar-refractivity contribution in [3.05, 3.63) is 59.7 Å². The lowest BCUT2D eigenvalue weighted by Crippen LogP contribution is -2.32. The van der Waals surface area contributed by atoms with Crippen molar-refractivity contribution in [3.8, 4) is 0 Å². The summed E-state index contributed by atoms with van der Waals surface area (Å²) in [6.45, 7) is 1.50. The van der Waals surface area contributed by atoms with Crippen LogP contribution in [0.1, 0.15) is 46.5 Å². The maximum atomic E-state index is 12.9. The molecule has 5 nitrogen and oxygen atoms in total. The van der Waals surface area contributed by atoms with Crippen LogP contribution in [0, 0.1) is 5.82 Å². The summed E-state index contributed by atoms with van der Waals surface area (Å²) in [5.41, 5.74) is 1.09. The number of carbonyl (C=O) groups is 2. The first-order valence-corrected chi connectivity index (χ1v) is 8.46. The van der Waals surface area contributed by atoms with E-state index >= 15 is 0 Å². The summed E-state index contributed by atoms with van der Waals surface area (Å²) in [5.74, 6) is -0.876. The Kier molecular flexibility index (Phi) is 5.38. The largest absolute Gasteiger partial charge is 0.339 e. The molecule has 2 heterocycles. The number of rotatable bonds is 3. The van der Waals surface area contributed by atoms with Crippen LogP contribution in [0.25, 0.3) is 0 Å². The maximum absolute atomic E-state index is 12.9. The van der Waals surface area contributed by atoms with Crippen molar-refractivity contribution in [2.75, 3.05) is 18.4 Å². The first-order chi connectivity index (χ1) is 12.1. The highest BCUT2D eigenvalue weighted by atomic mass is 19.1. The molecule has 1 aromatic heterocycles. The van der Waals surface area contributed by atoms with Crippen molar-refractivity contribution in [2.24, 2.45) is 0 Å². The van der Waals surface area contributed by atoms with E-state index in [1.807, 2.05) is 4.90 Å². The molecule has 1 aliphatic rings. The van der Waals surface area contributed by atoms with Gasteiger partial charge in [-0.1, -0.05) is 12.8 Å². The van der Waals surface area contributed by atoms with Gasteiger partial charge in [0.1, 0.15) is 11.5 Å². The van der Waals surface area contributed by atoms with Crippen molar-refractivity contribution in [1.29, 1.82) is 0 Å². The van der Waals surface area contributed by atoms with Crippen LogP contribution in [0.3, 0.4) is 0 Å². The quantitative estimate of drug-likeness (QED) is 0.929. The number of likely N-dealkylation sites (tertiary alicyclic amines) is 1. The third kappa shape index (κ3) is 4.41. The fourth-order valence-corrected chi connectivity index (χ4v) is 2.87. The molecule has 1 aromatic carbocycles. The first-order valence-electron chi connectivity index (χ1n) is 8.46. The highest BCUT2D eigenvalue weighted by Crippen LogP contribution is 2.15. The van der Waals surface area contributed by atoms with Gasteiger partial charge in [0.15, 0.2) is 0 Å². The van der Waals surface area contributed by atoms with Crippen molar-refractivity contribution in [1.82, 2.24) is 9.88 Å². The minimum absolute atomic E-state index is 0.0693. The Balaban J connectivity index is 1.72. The number of nitrogens with zero attached hydrogens (tertiary/aromatic N) is 2. The number of hydrogen-bond acceptors (Lipinski definition) is 3. The molecule has 2 amide bonds. The molecule has 1 saturated heterocycles. The van der Waals surface area contributed by atoms with Crippen LogP contribution in [0.4, 0.5) is 10.1 Å². The molecule has 0 radical (unpaired) electrons. The van der Waals surface area contributed by atoms with Gasteiger partial charge in [0.2, 0.25) is 0 Å². The van der Waals surface area contributed by atoms with E-state index in [1.54, 1.807) is 6.07 Å². The molecule has 3 rings (SSSR count). The second-order valence-corrected chi connectivity index (χ2v) is 6.10. The Morgan fingerprint density at radius 2 is 1.68 bits per heavy atom. The molecule has 0 saturated carbocycles. The van der Waals surface area contributed by atoms with Gasteiger partial charge in [0.05, 0.1) is 0 Å². The van der Waals surface area contributed by atoms with Crippen LogP contribution in [0.15, 0.2) is 42.6 Å². The van der Waals surface area contributed by atoms with Crippen molar-refractivity contribution in [3.63, 3.8) is 0 Å². The minimum atomic E-state index is -0.433. The molecule has 1 fully saturated rings. The minimum Gasteiger partial charge on any atom is -0.339 e. The Morgan fingerprint density at radius 1 is 1.00 bits per heavy atom. The van der Waals surface area contributed by atoms with Crippen LogP contribution >= 0.6 is 0 Å². The standard InChI is InChI=1S/C19H20FN3O2/c20-15-5-7-16(8-6-15)22-18(24)17-13-14(9-10-21-17)19(25)23-11-3-1-2-4-12-23/h5-10,13H,1-4,11-12H2,(H,22,24). The molecule has 0 spiro atoms. The molecule has 0 unspecified atom stereocenters. The van der Waals surface area contributed by atoms with Gasteiger partial charge in [-0.3, -0.25) is 14.6 Å². The third-order valence-electron chi connectivity index (χ3n) is 4.23. The number of benzene rings is 1. The monoisotopic (exact) mass is 341 g/mol. The SMILES string of the molecule is O=C(Nc1ccc(F)cc1)c1cc(C(=O)N2CCCCCC2)ccn1. The van der Waals surface area contributed by atoms with Crippen LogP contribution in [-0.2, 0) is 0 Å². The lowest BCUT2D eigenvalue weighted by Gasteiger charge is -2.20. The first kappa shape index (κ1) is 17.1. The van der Waals surface area contributed by atoms with Crippen LogP contribution in [0.2, 0.25) is 0 Å². The number of pyridine rings is 1. The predicted molar refractivity (Wildman–Crippen MR) is 93.0 cm³/mol. The van der Waals surface area contributed by atoms with Gasteiger partial charge in [0, 0.05) is 30.5 Å². The molecule has 6 heteroatoms. The second-order valence-electron chi connectivity index (χ2n) is 6.10. The van der Waals surface area contributed by atoms with Crippen LogP contribution < -0.4 is 5.32 Å². The van der Waals surface area contributed by atoms with E-state index in [0.717, 1.165) is 38.8 Å². The summed E-state index contributed by atoms with van der Waals surface area (Å²) >= 11 is 0. The number of anilines is 1. The Labute approximate surface area is 145 Å². The van der Waals surface area contributed by atoms with E-state index in [-0.39, 0.29) is 17.4 Å². The number of aromatic nitrogens is 1. The van der Waals surface area contributed by atoms with Gasteiger partial charge in [-0.2, -0.15) is 0 Å². The molecular formula is C19H20FN3O2. The maximum Gasteiger partial charge on any atom is 0.274 e. The smallest absolute Gasteiger partial charge is 0.274 e. The van der Waals surface area contributed by atoms with E-state index in [0.29, 0.717) is 11.3 Å². The molecule has 2 aromatic rings. The fraction of sp³-hybridized carbons (Fsp3) is 0.316. The zero-order chi connectivity index (χ0) is 17.6. The van der Waals surface area contributed by atoms with E-state index < -0.39 is 5.91 Å². The van der Waals surface area contributed by atoms with E-state index in [4.69, 9.17) is 0 Å². The van der Waals surface area contributed by atoms with E-state index in [2.05, 4.69) is 10.3 Å². The van der Waals surface area contributed by atoms with Gasteiger partial charge in [-0.25, -0.2) is 4.39 Å². The molecule has 1 aliphatic heterocycles. The number of nitrogens with one attached hydrogen (secondary N) is 1. The summed E-state index contributed by atoms with van der Waals surface area (Å²) in [6, 6.07) is 8.61. The van der Waals surface area contributed by atoms with Gasteiger partial charge < -0.3 is 10.2 Å². The fourth-order valence-electron chi connectivity index (χ4n) is 2.87. The van der Waals surface area contributed by atoms with E-state index in [1.165, 1.54) is 36.5 Å². The molecule has 130 valence electrons. The average Bonchev–Trinajstić information content (AvgIpc) is 2.92. The topological polar surface area (TPSA) is 62.3 Å². The predicted octanol–water partition coefficient (Wildman–Crippen LogP) is 3.49. The summed E-state index contributed by atoms with van der Waals surface area (Å²) in [4.78, 5) is 30.8.